The lowest BCUT2D eigenvalue weighted by Crippen LogP contribution is -2.10. The van der Waals surface area contributed by atoms with E-state index >= 15 is 0 Å². The van der Waals surface area contributed by atoms with Crippen molar-refractivity contribution < 1.29 is 47.6 Å². The van der Waals surface area contributed by atoms with Gasteiger partial charge in [0.15, 0.2) is 0 Å². The fourth-order valence-electron chi connectivity index (χ4n) is 4.37. The van der Waals surface area contributed by atoms with Gasteiger partial charge in [-0.05, 0) is 96.4 Å². The van der Waals surface area contributed by atoms with Crippen molar-refractivity contribution in [2.24, 2.45) is 0 Å². The Balaban J connectivity index is 1.03. The third kappa shape index (κ3) is 8.06. The van der Waals surface area contributed by atoms with Crippen LogP contribution in [0.4, 0.5) is 0 Å². The topological polar surface area (TPSA) is 130 Å². The molecule has 0 spiro atoms. The zero-order valence-electron chi connectivity index (χ0n) is 23.6. The summed E-state index contributed by atoms with van der Waals surface area (Å²) in [5.41, 5.74) is 0.570. The van der Waals surface area contributed by atoms with E-state index in [1.54, 1.807) is 36.4 Å². The van der Waals surface area contributed by atoms with E-state index in [-0.39, 0.29) is 48.1 Å². The number of epoxide rings is 2. The molecule has 4 aromatic rings. The molecule has 0 bridgehead atoms. The van der Waals surface area contributed by atoms with Crippen molar-refractivity contribution in [2.75, 3.05) is 13.2 Å². The Morgan fingerprint density at radius 3 is 1.30 bits per heavy atom. The predicted octanol–water partition coefficient (Wildman–Crippen LogP) is 5.45. The maximum atomic E-state index is 12.7. The molecule has 0 saturated carbocycles. The van der Waals surface area contributed by atoms with Crippen LogP contribution in [0.1, 0.15) is 46.4 Å². The van der Waals surface area contributed by atoms with Gasteiger partial charge in [-0.25, -0.2) is 9.59 Å². The Morgan fingerprint density at radius 2 is 0.909 bits per heavy atom. The quantitative estimate of drug-likeness (QED) is 0.118. The number of carbonyl (C=O) groups excluding carboxylic acids is 4. The molecule has 0 aliphatic carbocycles. The van der Waals surface area contributed by atoms with E-state index in [4.69, 9.17) is 28.4 Å². The summed E-state index contributed by atoms with van der Waals surface area (Å²) < 4.78 is 31.9. The van der Waals surface area contributed by atoms with Crippen molar-refractivity contribution in [3.63, 3.8) is 0 Å². The highest BCUT2D eigenvalue weighted by Gasteiger charge is 2.24. The number of rotatable bonds is 12. The maximum absolute atomic E-state index is 12.7. The van der Waals surface area contributed by atoms with Crippen molar-refractivity contribution in [2.45, 2.75) is 37.9 Å². The van der Waals surface area contributed by atoms with Crippen LogP contribution in [0.3, 0.4) is 0 Å². The van der Waals surface area contributed by atoms with Crippen LogP contribution in [0.5, 0.6) is 23.0 Å². The fraction of sp³-hybridized carbons (Fsp3) is 0.235. The minimum absolute atomic E-state index is 0.151. The SMILES string of the molecule is O=C(CCC1CO1)Oc1ccc(C(=O)Oc2ccc3ccc(OC(=O)c4ccc(OC(=O)CCC5CO5)cc4)cc3c2)cc1. The molecule has 10 heteroatoms. The first kappa shape index (κ1) is 29.0. The molecule has 0 N–H and O–H groups in total. The third-order valence-corrected chi connectivity index (χ3v) is 6.99. The van der Waals surface area contributed by atoms with E-state index in [0.717, 1.165) is 5.39 Å². The van der Waals surface area contributed by atoms with Crippen LogP contribution in [-0.2, 0) is 19.1 Å². The normalized spacial score (nSPS) is 16.5. The summed E-state index contributed by atoms with van der Waals surface area (Å²) in [6.07, 6.45) is 2.09. The number of carbonyl (C=O) groups is 4. The van der Waals surface area contributed by atoms with Crippen LogP contribution >= 0.6 is 0 Å². The van der Waals surface area contributed by atoms with E-state index in [1.165, 1.54) is 48.5 Å². The summed E-state index contributed by atoms with van der Waals surface area (Å²) in [6, 6.07) is 22.5. The summed E-state index contributed by atoms with van der Waals surface area (Å²) in [7, 11) is 0. The first-order valence-electron chi connectivity index (χ1n) is 14.2. The highest BCUT2D eigenvalue weighted by atomic mass is 16.6. The van der Waals surface area contributed by atoms with Crippen molar-refractivity contribution in [1.82, 2.24) is 0 Å². The molecule has 2 unspecified atom stereocenters. The number of esters is 4. The van der Waals surface area contributed by atoms with Gasteiger partial charge in [-0.3, -0.25) is 9.59 Å². The molecule has 2 saturated heterocycles. The Hall–Kier alpha value is -5.06. The molecule has 2 fully saturated rings. The van der Waals surface area contributed by atoms with Crippen LogP contribution in [0.25, 0.3) is 10.8 Å². The van der Waals surface area contributed by atoms with Gasteiger partial charge in [0, 0.05) is 12.8 Å². The molecule has 224 valence electrons. The zero-order valence-corrected chi connectivity index (χ0v) is 23.6. The number of ether oxygens (including phenoxy) is 6. The molecule has 2 aliphatic heterocycles. The van der Waals surface area contributed by atoms with E-state index in [9.17, 15) is 19.2 Å². The van der Waals surface area contributed by atoms with Gasteiger partial charge in [-0.15, -0.1) is 0 Å². The monoisotopic (exact) mass is 596 g/mol. The molecule has 2 heterocycles. The molecular formula is C34H28O10. The highest BCUT2D eigenvalue weighted by Crippen LogP contribution is 2.27. The van der Waals surface area contributed by atoms with Gasteiger partial charge in [0.1, 0.15) is 23.0 Å². The van der Waals surface area contributed by atoms with E-state index in [1.807, 2.05) is 0 Å². The van der Waals surface area contributed by atoms with Crippen LogP contribution in [-0.4, -0.2) is 49.3 Å². The van der Waals surface area contributed by atoms with Gasteiger partial charge in [-0.1, -0.05) is 12.1 Å². The van der Waals surface area contributed by atoms with Gasteiger partial charge in [0.05, 0.1) is 36.5 Å². The second-order valence-electron chi connectivity index (χ2n) is 10.4. The summed E-state index contributed by atoms with van der Waals surface area (Å²) in [5.74, 6) is -0.594. The second-order valence-corrected chi connectivity index (χ2v) is 10.4. The van der Waals surface area contributed by atoms with E-state index < -0.39 is 11.9 Å². The van der Waals surface area contributed by atoms with Gasteiger partial charge >= 0.3 is 23.9 Å². The van der Waals surface area contributed by atoms with Crippen LogP contribution in [0.15, 0.2) is 84.9 Å². The lowest BCUT2D eigenvalue weighted by atomic mass is 10.1. The Labute approximate surface area is 252 Å². The fourth-order valence-corrected chi connectivity index (χ4v) is 4.37. The first-order chi connectivity index (χ1) is 21.4. The molecule has 44 heavy (non-hydrogen) atoms. The number of hydrogen-bond donors (Lipinski definition) is 0. The molecule has 10 nitrogen and oxygen atoms in total. The van der Waals surface area contributed by atoms with Crippen LogP contribution in [0.2, 0.25) is 0 Å². The molecular weight excluding hydrogens is 568 g/mol. The highest BCUT2D eigenvalue weighted by molar-refractivity contribution is 5.94. The van der Waals surface area contributed by atoms with E-state index in [0.29, 0.717) is 54.4 Å². The maximum Gasteiger partial charge on any atom is 0.343 e. The number of benzene rings is 4. The van der Waals surface area contributed by atoms with Crippen molar-refractivity contribution in [3.05, 3.63) is 96.1 Å². The summed E-state index contributed by atoms with van der Waals surface area (Å²) >= 11 is 0. The average Bonchev–Trinajstić information content (AvgIpc) is 3.95. The predicted molar refractivity (Wildman–Crippen MR) is 156 cm³/mol. The molecule has 2 atom stereocenters. The largest absolute Gasteiger partial charge is 0.427 e. The van der Waals surface area contributed by atoms with Crippen molar-refractivity contribution in [1.29, 1.82) is 0 Å². The molecule has 0 radical (unpaired) electrons. The minimum Gasteiger partial charge on any atom is -0.427 e. The Bertz CT molecular complexity index is 1560. The summed E-state index contributed by atoms with van der Waals surface area (Å²) in [4.78, 5) is 49.3. The van der Waals surface area contributed by atoms with Gasteiger partial charge in [0.25, 0.3) is 0 Å². The molecule has 0 amide bonds. The number of hydrogen-bond acceptors (Lipinski definition) is 10. The van der Waals surface area contributed by atoms with Gasteiger partial charge in [-0.2, -0.15) is 0 Å². The van der Waals surface area contributed by atoms with Gasteiger partial charge < -0.3 is 28.4 Å². The molecule has 6 rings (SSSR count). The molecule has 2 aliphatic rings. The minimum atomic E-state index is -0.582. The lowest BCUT2D eigenvalue weighted by Gasteiger charge is -2.09. The lowest BCUT2D eigenvalue weighted by molar-refractivity contribution is -0.135. The Kier molecular flexibility index (Phi) is 8.62. The number of fused-ring (bicyclic) bond motifs is 1. The first-order valence-corrected chi connectivity index (χ1v) is 14.2. The van der Waals surface area contributed by atoms with Crippen LogP contribution < -0.4 is 18.9 Å². The zero-order chi connectivity index (χ0) is 30.5. The third-order valence-electron chi connectivity index (χ3n) is 6.99. The molecule has 4 aromatic carbocycles. The Morgan fingerprint density at radius 1 is 0.523 bits per heavy atom. The van der Waals surface area contributed by atoms with Gasteiger partial charge in [0.2, 0.25) is 0 Å². The standard InChI is InChI=1S/C34H28O10/c35-31(15-13-29-19-39-29)41-25-7-3-22(4-8-25)33(37)43-27-11-1-21-2-12-28(18-24(21)17-27)44-34(38)23-5-9-26(10-6-23)42-32(36)16-14-30-20-40-30/h1-12,17-18,29-30H,13-16,19-20H2. The summed E-state index contributed by atoms with van der Waals surface area (Å²) in [5, 5.41) is 1.54. The van der Waals surface area contributed by atoms with Crippen molar-refractivity contribution in [3.8, 4) is 23.0 Å². The molecule has 0 aromatic heterocycles. The average molecular weight is 597 g/mol. The van der Waals surface area contributed by atoms with Crippen molar-refractivity contribution >= 4 is 34.6 Å². The van der Waals surface area contributed by atoms with E-state index in [2.05, 4.69) is 0 Å². The summed E-state index contributed by atoms with van der Waals surface area (Å²) in [6.45, 7) is 1.37. The smallest absolute Gasteiger partial charge is 0.343 e. The van der Waals surface area contributed by atoms with Crippen LogP contribution in [0, 0.1) is 0 Å². The second kappa shape index (κ2) is 13.1.